The Morgan fingerprint density at radius 1 is 1.07 bits per heavy atom. The minimum absolute atomic E-state index is 0.265. The monoisotopic (exact) mass is 418 g/mol. The fourth-order valence-electron chi connectivity index (χ4n) is 3.05. The zero-order valence-corrected chi connectivity index (χ0v) is 17.1. The molecule has 146 valence electrons. The van der Waals surface area contributed by atoms with Gasteiger partial charge in [0.1, 0.15) is 11.6 Å². The van der Waals surface area contributed by atoms with Crippen molar-refractivity contribution in [1.29, 1.82) is 0 Å². The molecule has 0 amide bonds. The van der Waals surface area contributed by atoms with E-state index in [-0.39, 0.29) is 5.56 Å². The lowest BCUT2D eigenvalue weighted by Crippen LogP contribution is -2.08. The maximum Gasteiger partial charge on any atom is 0.335 e. The summed E-state index contributed by atoms with van der Waals surface area (Å²) in [4.78, 5) is 15.6. The lowest BCUT2D eigenvalue weighted by Gasteiger charge is -2.10. The molecule has 2 heterocycles. The standard InChI is InChI=1S/C20H20Cl2N4O2/c1-12-8-15(20(27)28)10-16(23-12)4-3-5-19-25-24-13(2)26(19)11-14-6-7-17(21)18(22)9-14/h6-10H,3-5,11H2,1-2H3,(H,27,28). The van der Waals surface area contributed by atoms with Crippen LogP contribution in [0.5, 0.6) is 0 Å². The Kier molecular flexibility index (Phi) is 6.31. The van der Waals surface area contributed by atoms with Crippen molar-refractivity contribution < 1.29 is 9.90 Å². The molecule has 0 radical (unpaired) electrons. The average Bonchev–Trinajstić information content (AvgIpc) is 2.98. The molecule has 0 aliphatic heterocycles. The number of nitrogens with zero attached hydrogens (tertiary/aromatic N) is 4. The molecule has 0 saturated carbocycles. The molecule has 1 N–H and O–H groups in total. The van der Waals surface area contributed by atoms with Crippen LogP contribution in [-0.2, 0) is 19.4 Å². The van der Waals surface area contributed by atoms with Crippen molar-refractivity contribution in [2.45, 2.75) is 39.7 Å². The number of pyridine rings is 1. The van der Waals surface area contributed by atoms with Crippen LogP contribution in [0.25, 0.3) is 0 Å². The highest BCUT2D eigenvalue weighted by Crippen LogP contribution is 2.23. The van der Waals surface area contributed by atoms with Crippen LogP contribution in [0.1, 0.15) is 45.4 Å². The van der Waals surface area contributed by atoms with Crippen LogP contribution in [0.4, 0.5) is 0 Å². The highest BCUT2D eigenvalue weighted by atomic mass is 35.5. The quantitative estimate of drug-likeness (QED) is 0.609. The highest BCUT2D eigenvalue weighted by molar-refractivity contribution is 6.42. The normalized spacial score (nSPS) is 11.0. The molecule has 1 aromatic carbocycles. The van der Waals surface area contributed by atoms with E-state index in [2.05, 4.69) is 15.2 Å². The molecule has 0 atom stereocenters. The first-order valence-corrected chi connectivity index (χ1v) is 9.62. The van der Waals surface area contributed by atoms with Crippen LogP contribution in [-0.4, -0.2) is 30.8 Å². The fraction of sp³-hybridized carbons (Fsp3) is 0.300. The van der Waals surface area contributed by atoms with Gasteiger partial charge in [-0.1, -0.05) is 29.3 Å². The van der Waals surface area contributed by atoms with Crippen LogP contribution >= 0.6 is 23.2 Å². The van der Waals surface area contributed by atoms with Gasteiger partial charge in [0.25, 0.3) is 0 Å². The first-order chi connectivity index (χ1) is 13.3. The predicted molar refractivity (Wildman–Crippen MR) is 108 cm³/mol. The number of aromatic nitrogens is 4. The number of hydrogen-bond donors (Lipinski definition) is 1. The van der Waals surface area contributed by atoms with Crippen molar-refractivity contribution in [2.24, 2.45) is 0 Å². The summed E-state index contributed by atoms with van der Waals surface area (Å²) in [6.07, 6.45) is 2.16. The number of aromatic carboxylic acids is 1. The number of carbonyl (C=O) groups is 1. The van der Waals surface area contributed by atoms with Gasteiger partial charge < -0.3 is 9.67 Å². The van der Waals surface area contributed by atoms with Crippen molar-refractivity contribution >= 4 is 29.2 Å². The van der Waals surface area contributed by atoms with Gasteiger partial charge in [0.15, 0.2) is 0 Å². The number of carboxylic acids is 1. The molecule has 8 heteroatoms. The first-order valence-electron chi connectivity index (χ1n) is 8.87. The Bertz CT molecular complexity index is 1020. The Balaban J connectivity index is 1.69. The number of benzene rings is 1. The van der Waals surface area contributed by atoms with E-state index in [9.17, 15) is 9.90 Å². The summed E-state index contributed by atoms with van der Waals surface area (Å²) in [7, 11) is 0. The van der Waals surface area contributed by atoms with Gasteiger partial charge in [0, 0.05) is 17.8 Å². The third-order valence-corrected chi connectivity index (χ3v) is 5.16. The van der Waals surface area contributed by atoms with Crippen LogP contribution in [0, 0.1) is 13.8 Å². The Morgan fingerprint density at radius 3 is 2.57 bits per heavy atom. The molecular weight excluding hydrogens is 399 g/mol. The highest BCUT2D eigenvalue weighted by Gasteiger charge is 2.12. The Labute approximate surface area is 173 Å². The summed E-state index contributed by atoms with van der Waals surface area (Å²) in [6, 6.07) is 8.75. The lowest BCUT2D eigenvalue weighted by molar-refractivity contribution is 0.0696. The summed E-state index contributed by atoms with van der Waals surface area (Å²) >= 11 is 12.1. The fourth-order valence-corrected chi connectivity index (χ4v) is 3.37. The van der Waals surface area contributed by atoms with Crippen LogP contribution < -0.4 is 0 Å². The van der Waals surface area contributed by atoms with Gasteiger partial charge in [0.2, 0.25) is 0 Å². The SMILES string of the molecule is Cc1cc(C(=O)O)cc(CCCc2nnc(C)n2Cc2ccc(Cl)c(Cl)c2)n1. The van der Waals surface area contributed by atoms with Gasteiger partial charge in [-0.15, -0.1) is 10.2 Å². The van der Waals surface area contributed by atoms with E-state index in [0.29, 0.717) is 35.1 Å². The van der Waals surface area contributed by atoms with Crippen LogP contribution in [0.15, 0.2) is 30.3 Å². The Morgan fingerprint density at radius 2 is 1.86 bits per heavy atom. The van der Waals surface area contributed by atoms with Crippen molar-refractivity contribution in [2.75, 3.05) is 0 Å². The Hall–Kier alpha value is -2.44. The van der Waals surface area contributed by atoms with E-state index < -0.39 is 5.97 Å². The number of rotatable bonds is 7. The van der Waals surface area contributed by atoms with Crippen LogP contribution in [0.2, 0.25) is 10.0 Å². The van der Waals surface area contributed by atoms with Crippen LogP contribution in [0.3, 0.4) is 0 Å². The van der Waals surface area contributed by atoms with Crippen molar-refractivity contribution in [3.63, 3.8) is 0 Å². The van der Waals surface area contributed by atoms with E-state index in [4.69, 9.17) is 23.2 Å². The summed E-state index contributed by atoms with van der Waals surface area (Å²) in [5.74, 6) is 0.751. The second kappa shape index (κ2) is 8.71. The van der Waals surface area contributed by atoms with E-state index in [1.54, 1.807) is 25.1 Å². The molecule has 0 aliphatic carbocycles. The second-order valence-corrected chi connectivity index (χ2v) is 7.46. The molecule has 2 aromatic heterocycles. The molecule has 3 rings (SSSR count). The van der Waals surface area contributed by atoms with Gasteiger partial charge in [-0.05, 0) is 56.5 Å². The molecule has 28 heavy (non-hydrogen) atoms. The molecule has 3 aromatic rings. The topological polar surface area (TPSA) is 80.9 Å². The summed E-state index contributed by atoms with van der Waals surface area (Å²) < 4.78 is 2.05. The zero-order chi connectivity index (χ0) is 20.3. The van der Waals surface area contributed by atoms with Crippen molar-refractivity contribution in [1.82, 2.24) is 19.7 Å². The third kappa shape index (κ3) is 4.88. The van der Waals surface area contributed by atoms with E-state index in [1.165, 1.54) is 0 Å². The zero-order valence-electron chi connectivity index (χ0n) is 15.6. The molecule has 0 saturated heterocycles. The molecule has 0 bridgehead atoms. The van der Waals surface area contributed by atoms with Gasteiger partial charge in [0.05, 0.1) is 22.2 Å². The van der Waals surface area contributed by atoms with Gasteiger partial charge in [-0.2, -0.15) is 0 Å². The van der Waals surface area contributed by atoms with Gasteiger partial charge in [-0.3, -0.25) is 4.98 Å². The van der Waals surface area contributed by atoms with Gasteiger partial charge in [-0.25, -0.2) is 4.79 Å². The molecule has 0 fully saturated rings. The molecule has 6 nitrogen and oxygen atoms in total. The van der Waals surface area contributed by atoms with E-state index in [1.807, 2.05) is 23.6 Å². The maximum absolute atomic E-state index is 11.2. The number of aryl methyl sites for hydroxylation is 4. The largest absolute Gasteiger partial charge is 0.478 e. The average molecular weight is 419 g/mol. The summed E-state index contributed by atoms with van der Waals surface area (Å²) in [6.45, 7) is 4.32. The third-order valence-electron chi connectivity index (χ3n) is 4.42. The summed E-state index contributed by atoms with van der Waals surface area (Å²) in [5, 5.41) is 18.7. The van der Waals surface area contributed by atoms with Crippen molar-refractivity contribution in [3.8, 4) is 0 Å². The number of halogens is 2. The smallest absolute Gasteiger partial charge is 0.335 e. The minimum Gasteiger partial charge on any atom is -0.478 e. The molecule has 0 aliphatic rings. The van der Waals surface area contributed by atoms with Gasteiger partial charge >= 0.3 is 5.97 Å². The number of hydrogen-bond acceptors (Lipinski definition) is 4. The first kappa shape index (κ1) is 20.3. The molecule has 0 spiro atoms. The minimum atomic E-state index is -0.941. The maximum atomic E-state index is 11.2. The summed E-state index contributed by atoms with van der Waals surface area (Å²) in [5.41, 5.74) is 2.75. The van der Waals surface area contributed by atoms with Crippen molar-refractivity contribution in [3.05, 3.63) is 74.5 Å². The second-order valence-electron chi connectivity index (χ2n) is 6.65. The van der Waals surface area contributed by atoms with E-state index >= 15 is 0 Å². The van der Waals surface area contributed by atoms with E-state index in [0.717, 1.165) is 29.3 Å². The lowest BCUT2D eigenvalue weighted by atomic mass is 10.1. The molecular formula is C20H20Cl2N4O2. The predicted octanol–water partition coefficient (Wildman–Crippen LogP) is 4.52. The number of carboxylic acid groups (broad SMARTS) is 1. The molecule has 0 unspecified atom stereocenters.